The van der Waals surface area contributed by atoms with E-state index in [9.17, 15) is 14.9 Å². The molecule has 0 saturated heterocycles. The Bertz CT molecular complexity index is 468. The van der Waals surface area contributed by atoms with E-state index in [0.29, 0.717) is 0 Å². The minimum absolute atomic E-state index is 0.0127. The first-order valence-electron chi connectivity index (χ1n) is 5.20. The van der Waals surface area contributed by atoms with Gasteiger partial charge in [0.25, 0.3) is 11.6 Å². The van der Waals surface area contributed by atoms with Crippen molar-refractivity contribution in [2.45, 2.75) is 13.0 Å². The molecule has 0 radical (unpaired) electrons. The third-order valence-corrected chi connectivity index (χ3v) is 3.88. The highest BCUT2D eigenvalue weighted by Gasteiger charge is 2.20. The molecule has 1 rings (SSSR count). The summed E-state index contributed by atoms with van der Waals surface area (Å²) in [4.78, 5) is 22.2. The molecule has 1 aromatic rings. The van der Waals surface area contributed by atoms with Crippen LogP contribution in [-0.4, -0.2) is 28.9 Å². The maximum absolute atomic E-state index is 12.0. The first-order valence-corrected chi connectivity index (χ1v) is 7.38. The molecule has 0 saturated carbocycles. The molecule has 0 spiro atoms. The van der Waals surface area contributed by atoms with E-state index in [1.54, 1.807) is 17.8 Å². The number of benzene rings is 1. The molecule has 1 atom stereocenters. The van der Waals surface area contributed by atoms with Crippen molar-refractivity contribution >= 4 is 39.3 Å². The van der Waals surface area contributed by atoms with Crippen LogP contribution in [0.2, 0.25) is 0 Å². The number of rotatable bonds is 5. The predicted octanol–water partition coefficient (Wildman–Crippen LogP) is 2.84. The topological polar surface area (TPSA) is 72.2 Å². The Labute approximate surface area is 118 Å². The number of amides is 1. The Morgan fingerprint density at radius 2 is 2.28 bits per heavy atom. The largest absolute Gasteiger partial charge is 0.349 e. The molecule has 0 bridgehead atoms. The fourth-order valence-electron chi connectivity index (χ4n) is 1.43. The van der Waals surface area contributed by atoms with E-state index in [4.69, 9.17) is 0 Å². The molecule has 0 heterocycles. The summed E-state index contributed by atoms with van der Waals surface area (Å²) in [6, 6.07) is 4.42. The fourth-order valence-corrected chi connectivity index (χ4v) is 2.60. The molecule has 1 amide bonds. The summed E-state index contributed by atoms with van der Waals surface area (Å²) in [7, 11) is 0. The van der Waals surface area contributed by atoms with Crippen LogP contribution in [0, 0.1) is 10.1 Å². The maximum atomic E-state index is 12.0. The summed E-state index contributed by atoms with van der Waals surface area (Å²) in [5.74, 6) is 0.477. The molecule has 0 aliphatic rings. The minimum atomic E-state index is -0.522. The maximum Gasteiger partial charge on any atom is 0.284 e. The van der Waals surface area contributed by atoms with Crippen LogP contribution in [0.5, 0.6) is 0 Å². The molecule has 18 heavy (non-hydrogen) atoms. The van der Waals surface area contributed by atoms with Gasteiger partial charge in [-0.3, -0.25) is 14.9 Å². The summed E-state index contributed by atoms with van der Waals surface area (Å²) in [5, 5.41) is 13.6. The normalized spacial score (nSPS) is 11.9. The van der Waals surface area contributed by atoms with E-state index in [0.717, 1.165) is 5.75 Å². The quantitative estimate of drug-likeness (QED) is 0.664. The van der Waals surface area contributed by atoms with Gasteiger partial charge in [0.1, 0.15) is 4.47 Å². The number of thioether (sulfide) groups is 1. The van der Waals surface area contributed by atoms with Gasteiger partial charge in [-0.25, -0.2) is 0 Å². The number of hydrogen-bond donors (Lipinski definition) is 1. The van der Waals surface area contributed by atoms with Gasteiger partial charge in [0, 0.05) is 17.9 Å². The van der Waals surface area contributed by atoms with Crippen molar-refractivity contribution in [3.8, 4) is 0 Å². The molecule has 98 valence electrons. The summed E-state index contributed by atoms with van der Waals surface area (Å²) in [6.45, 7) is 1.89. The molecular weight excluding hydrogens is 320 g/mol. The SMILES string of the molecule is CSCC(C)NC(=O)c1cccc([N+](=O)[O-])c1Br. The molecule has 0 aliphatic heterocycles. The highest BCUT2D eigenvalue weighted by molar-refractivity contribution is 9.10. The zero-order chi connectivity index (χ0) is 13.7. The molecular formula is C11H13BrN2O3S. The van der Waals surface area contributed by atoms with Gasteiger partial charge in [0.2, 0.25) is 0 Å². The molecule has 1 aromatic carbocycles. The van der Waals surface area contributed by atoms with Gasteiger partial charge in [-0.15, -0.1) is 0 Å². The van der Waals surface area contributed by atoms with Gasteiger partial charge in [0.15, 0.2) is 0 Å². The van der Waals surface area contributed by atoms with Crippen molar-refractivity contribution in [1.29, 1.82) is 0 Å². The third-order valence-electron chi connectivity index (χ3n) is 2.21. The van der Waals surface area contributed by atoms with E-state index in [1.165, 1.54) is 12.1 Å². The zero-order valence-corrected chi connectivity index (χ0v) is 12.4. The molecule has 5 nitrogen and oxygen atoms in total. The van der Waals surface area contributed by atoms with Crippen LogP contribution in [0.1, 0.15) is 17.3 Å². The summed E-state index contributed by atoms with van der Waals surface area (Å²) < 4.78 is 0.212. The lowest BCUT2D eigenvalue weighted by Crippen LogP contribution is -2.34. The third kappa shape index (κ3) is 3.71. The Morgan fingerprint density at radius 1 is 1.61 bits per heavy atom. The van der Waals surface area contributed by atoms with Crippen molar-refractivity contribution in [3.63, 3.8) is 0 Å². The minimum Gasteiger partial charge on any atom is -0.349 e. The number of nitrogens with zero attached hydrogens (tertiary/aromatic N) is 1. The van der Waals surface area contributed by atoms with E-state index in [1.807, 2.05) is 13.2 Å². The lowest BCUT2D eigenvalue weighted by Gasteiger charge is -2.13. The van der Waals surface area contributed by atoms with E-state index >= 15 is 0 Å². The zero-order valence-electron chi connectivity index (χ0n) is 9.97. The standard InChI is InChI=1S/C11H13BrN2O3S/c1-7(6-18-2)13-11(15)8-4-3-5-9(10(8)12)14(16)17/h3-5,7H,6H2,1-2H3,(H,13,15). The van der Waals surface area contributed by atoms with Gasteiger partial charge >= 0.3 is 0 Å². The number of carbonyl (C=O) groups excluding carboxylic acids is 1. The van der Waals surface area contributed by atoms with Gasteiger partial charge < -0.3 is 5.32 Å². The van der Waals surface area contributed by atoms with Gasteiger partial charge in [0.05, 0.1) is 10.5 Å². The number of halogens is 1. The first kappa shape index (κ1) is 15.0. The van der Waals surface area contributed by atoms with Crippen LogP contribution in [0.25, 0.3) is 0 Å². The second-order valence-corrected chi connectivity index (χ2v) is 5.43. The summed E-state index contributed by atoms with van der Waals surface area (Å²) >= 11 is 4.73. The van der Waals surface area contributed by atoms with Crippen LogP contribution in [0.4, 0.5) is 5.69 Å². The van der Waals surface area contributed by atoms with Crippen LogP contribution < -0.4 is 5.32 Å². The second kappa shape index (κ2) is 6.75. The predicted molar refractivity (Wildman–Crippen MR) is 76.1 cm³/mol. The van der Waals surface area contributed by atoms with E-state index in [2.05, 4.69) is 21.2 Å². The first-order chi connectivity index (χ1) is 8.47. The molecule has 7 heteroatoms. The van der Waals surface area contributed by atoms with Crippen LogP contribution in [0.3, 0.4) is 0 Å². The van der Waals surface area contributed by atoms with Gasteiger partial charge in [-0.05, 0) is 35.2 Å². The van der Waals surface area contributed by atoms with Crippen LogP contribution in [0.15, 0.2) is 22.7 Å². The van der Waals surface area contributed by atoms with E-state index < -0.39 is 4.92 Å². The molecule has 1 N–H and O–H groups in total. The molecule has 0 fully saturated rings. The highest BCUT2D eigenvalue weighted by atomic mass is 79.9. The average Bonchev–Trinajstić information content (AvgIpc) is 2.28. The van der Waals surface area contributed by atoms with Crippen molar-refractivity contribution in [3.05, 3.63) is 38.3 Å². The summed E-state index contributed by atoms with van der Waals surface area (Å²) in [6.07, 6.45) is 1.95. The van der Waals surface area contributed by atoms with Gasteiger partial charge in [-0.2, -0.15) is 11.8 Å². The van der Waals surface area contributed by atoms with Crippen molar-refractivity contribution in [1.82, 2.24) is 5.32 Å². The Morgan fingerprint density at radius 3 is 2.83 bits per heavy atom. The second-order valence-electron chi connectivity index (χ2n) is 3.73. The fraction of sp³-hybridized carbons (Fsp3) is 0.364. The van der Waals surface area contributed by atoms with Gasteiger partial charge in [-0.1, -0.05) is 6.07 Å². The van der Waals surface area contributed by atoms with Crippen molar-refractivity contribution < 1.29 is 9.72 Å². The molecule has 0 aromatic heterocycles. The monoisotopic (exact) mass is 332 g/mol. The van der Waals surface area contributed by atoms with Crippen molar-refractivity contribution in [2.75, 3.05) is 12.0 Å². The summed E-state index contributed by atoms with van der Waals surface area (Å²) in [5.41, 5.74) is 0.164. The number of hydrogen-bond acceptors (Lipinski definition) is 4. The molecule has 1 unspecified atom stereocenters. The lowest BCUT2D eigenvalue weighted by atomic mass is 10.2. The smallest absolute Gasteiger partial charge is 0.284 e. The average molecular weight is 333 g/mol. The molecule has 0 aliphatic carbocycles. The lowest BCUT2D eigenvalue weighted by molar-refractivity contribution is -0.385. The number of nitro groups is 1. The number of carbonyl (C=O) groups is 1. The van der Waals surface area contributed by atoms with Crippen LogP contribution >= 0.6 is 27.7 Å². The van der Waals surface area contributed by atoms with Crippen molar-refractivity contribution in [2.24, 2.45) is 0 Å². The Kier molecular flexibility index (Phi) is 5.61. The van der Waals surface area contributed by atoms with E-state index in [-0.39, 0.29) is 27.7 Å². The highest BCUT2D eigenvalue weighted by Crippen LogP contribution is 2.28. The Balaban J connectivity index is 2.93. The van der Waals surface area contributed by atoms with Crippen LogP contribution in [-0.2, 0) is 0 Å². The number of nitrogens with one attached hydrogen (secondary N) is 1. The Hall–Kier alpha value is -1.08. The number of nitro benzene ring substituents is 1.